The van der Waals surface area contributed by atoms with E-state index in [-0.39, 0.29) is 34.3 Å². The van der Waals surface area contributed by atoms with Gasteiger partial charge in [-0.2, -0.15) is 13.2 Å². The van der Waals surface area contributed by atoms with Crippen molar-refractivity contribution in [3.8, 4) is 17.1 Å². The smallest absolute Gasteiger partial charge is 0.418 e. The number of rotatable bonds is 5. The second kappa shape index (κ2) is 8.95. The molecule has 0 fully saturated rings. The molecular formula is C24H14F6N2O4. The molecule has 2 aromatic carbocycles. The van der Waals surface area contributed by atoms with Crippen LogP contribution in [0.3, 0.4) is 0 Å². The molecule has 36 heavy (non-hydrogen) atoms. The summed E-state index contributed by atoms with van der Waals surface area (Å²) in [5.41, 5.74) is -2.61. The van der Waals surface area contributed by atoms with Crippen LogP contribution < -0.4 is 10.1 Å². The molecule has 0 saturated heterocycles. The van der Waals surface area contributed by atoms with Crippen LogP contribution in [0.15, 0.2) is 54.6 Å². The van der Waals surface area contributed by atoms with E-state index in [0.717, 1.165) is 23.6 Å². The van der Waals surface area contributed by atoms with Crippen LogP contribution in [0.5, 0.6) is 5.88 Å². The van der Waals surface area contributed by atoms with Gasteiger partial charge in [-0.1, -0.05) is 12.1 Å². The summed E-state index contributed by atoms with van der Waals surface area (Å²) in [4.78, 5) is 23.9. The van der Waals surface area contributed by atoms with Crippen molar-refractivity contribution in [1.29, 1.82) is 0 Å². The minimum Gasteiger partial charge on any atom is -0.481 e. The maximum atomic E-state index is 13.9. The first-order chi connectivity index (χ1) is 16.9. The summed E-state index contributed by atoms with van der Waals surface area (Å²) in [5.74, 6) is -7.09. The van der Waals surface area contributed by atoms with Gasteiger partial charge in [0.1, 0.15) is 11.4 Å². The molecule has 1 amide bonds. The Morgan fingerprint density at radius 2 is 1.53 bits per heavy atom. The summed E-state index contributed by atoms with van der Waals surface area (Å²) in [6.45, 7) is 0. The van der Waals surface area contributed by atoms with Crippen LogP contribution in [0.1, 0.15) is 26.3 Å². The fraction of sp³-hybridized carbons (Fsp3) is 0.0833. The highest BCUT2D eigenvalue weighted by atomic mass is 19.4. The van der Waals surface area contributed by atoms with Crippen LogP contribution in [-0.2, 0) is 6.18 Å². The predicted octanol–water partition coefficient (Wildman–Crippen LogP) is 6.00. The summed E-state index contributed by atoms with van der Waals surface area (Å²) in [7, 11) is 1.12. The van der Waals surface area contributed by atoms with E-state index in [9.17, 15) is 41.0 Å². The normalized spacial score (nSPS) is 11.5. The van der Waals surface area contributed by atoms with Crippen LogP contribution >= 0.6 is 0 Å². The average Bonchev–Trinajstić information content (AvgIpc) is 3.21. The number of carboxylic acid groups (broad SMARTS) is 1. The van der Waals surface area contributed by atoms with E-state index in [4.69, 9.17) is 4.74 Å². The number of anilines is 1. The van der Waals surface area contributed by atoms with E-state index in [0.29, 0.717) is 6.07 Å². The van der Waals surface area contributed by atoms with Gasteiger partial charge in [0.25, 0.3) is 5.91 Å². The number of aromatic nitrogens is 1. The first-order valence-electron chi connectivity index (χ1n) is 10.0. The molecule has 2 aromatic heterocycles. The Kier molecular flexibility index (Phi) is 6.12. The molecule has 0 aliphatic carbocycles. The first-order valence-corrected chi connectivity index (χ1v) is 10.0. The molecule has 0 radical (unpaired) electrons. The fourth-order valence-electron chi connectivity index (χ4n) is 3.70. The number of methoxy groups -OCH3 is 1. The quantitative estimate of drug-likeness (QED) is 0.256. The van der Waals surface area contributed by atoms with Crippen molar-refractivity contribution in [3.63, 3.8) is 0 Å². The lowest BCUT2D eigenvalue weighted by atomic mass is 10.1. The molecule has 0 aliphatic heterocycles. The van der Waals surface area contributed by atoms with E-state index in [1.165, 1.54) is 30.3 Å². The Morgan fingerprint density at radius 1 is 0.889 bits per heavy atom. The second-order valence-electron chi connectivity index (χ2n) is 7.50. The number of nitrogens with one attached hydrogen (secondary N) is 1. The Labute approximate surface area is 198 Å². The zero-order chi connectivity index (χ0) is 26.4. The summed E-state index contributed by atoms with van der Waals surface area (Å²) >= 11 is 0. The van der Waals surface area contributed by atoms with Gasteiger partial charge in [0.15, 0.2) is 11.6 Å². The SMILES string of the molecule is COc1c(C(=O)O)ccc2cc(C(F)(F)F)c(-c3ccc(NC(=O)c4cc(F)c(F)cc4F)cc3)n12. The number of hydrogen-bond donors (Lipinski definition) is 2. The summed E-state index contributed by atoms with van der Waals surface area (Å²) in [6, 6.07) is 8.58. The Balaban J connectivity index is 1.79. The standard InChI is InChI=1S/C24H14F6N2O4/c1-36-22-14(23(34)35)7-6-13-8-16(24(28,29)30)20(32(13)22)11-2-4-12(5-3-11)31-21(33)15-9-18(26)19(27)10-17(15)25/h2-10H,1H3,(H,31,33)(H,34,35). The predicted molar refractivity (Wildman–Crippen MR) is 116 cm³/mol. The number of amides is 1. The molecule has 0 bridgehead atoms. The number of fused-ring (bicyclic) bond motifs is 1. The number of aromatic carboxylic acids is 1. The lowest BCUT2D eigenvalue weighted by Crippen LogP contribution is -2.14. The Hall–Kier alpha value is -4.48. The highest BCUT2D eigenvalue weighted by molar-refractivity contribution is 6.04. The van der Waals surface area contributed by atoms with Crippen LogP contribution in [0.2, 0.25) is 0 Å². The number of carbonyl (C=O) groups is 2. The van der Waals surface area contributed by atoms with Gasteiger partial charge in [0, 0.05) is 17.3 Å². The van der Waals surface area contributed by atoms with Crippen LogP contribution in [0.4, 0.5) is 32.0 Å². The number of hydrogen-bond acceptors (Lipinski definition) is 3. The molecule has 0 aliphatic rings. The summed E-state index contributed by atoms with van der Waals surface area (Å²) in [6.07, 6.45) is -4.81. The minimum atomic E-state index is -4.81. The maximum absolute atomic E-state index is 13.9. The number of benzene rings is 2. The van der Waals surface area contributed by atoms with Gasteiger partial charge in [-0.3, -0.25) is 9.20 Å². The average molecular weight is 508 g/mol. The van der Waals surface area contributed by atoms with E-state index in [1.807, 2.05) is 0 Å². The summed E-state index contributed by atoms with van der Waals surface area (Å²) < 4.78 is 88.2. The molecule has 0 spiro atoms. The van der Waals surface area contributed by atoms with Crippen molar-refractivity contribution in [1.82, 2.24) is 4.40 Å². The van der Waals surface area contributed by atoms with Gasteiger partial charge in [0.2, 0.25) is 5.88 Å². The molecule has 2 N–H and O–H groups in total. The monoisotopic (exact) mass is 508 g/mol. The highest BCUT2D eigenvalue weighted by Crippen LogP contribution is 2.42. The zero-order valence-corrected chi connectivity index (χ0v) is 18.1. The lowest BCUT2D eigenvalue weighted by molar-refractivity contribution is -0.137. The summed E-state index contributed by atoms with van der Waals surface area (Å²) in [5, 5.41) is 11.7. The largest absolute Gasteiger partial charge is 0.481 e. The number of pyridine rings is 1. The van der Waals surface area contributed by atoms with Crippen molar-refractivity contribution in [3.05, 3.63) is 88.7 Å². The van der Waals surface area contributed by atoms with E-state index < -0.39 is 52.3 Å². The number of carbonyl (C=O) groups excluding carboxylic acids is 1. The number of alkyl halides is 3. The Bertz CT molecular complexity index is 1510. The van der Waals surface area contributed by atoms with E-state index in [2.05, 4.69) is 5.32 Å². The minimum absolute atomic E-state index is 0.0137. The van der Waals surface area contributed by atoms with E-state index >= 15 is 0 Å². The van der Waals surface area contributed by atoms with Crippen LogP contribution in [0.25, 0.3) is 16.8 Å². The third-order valence-corrected chi connectivity index (χ3v) is 5.28. The lowest BCUT2D eigenvalue weighted by Gasteiger charge is -2.14. The van der Waals surface area contributed by atoms with Crippen LogP contribution in [-0.4, -0.2) is 28.5 Å². The van der Waals surface area contributed by atoms with Crippen molar-refractivity contribution in [2.24, 2.45) is 0 Å². The molecule has 186 valence electrons. The third-order valence-electron chi connectivity index (χ3n) is 5.28. The molecule has 4 aromatic rings. The van der Waals surface area contributed by atoms with Crippen molar-refractivity contribution in [2.75, 3.05) is 12.4 Å². The van der Waals surface area contributed by atoms with Gasteiger partial charge < -0.3 is 15.2 Å². The van der Waals surface area contributed by atoms with Gasteiger partial charge >= 0.3 is 12.1 Å². The molecule has 4 rings (SSSR count). The van der Waals surface area contributed by atoms with Crippen molar-refractivity contribution in [2.45, 2.75) is 6.18 Å². The number of halogens is 6. The van der Waals surface area contributed by atoms with Gasteiger partial charge in [-0.15, -0.1) is 0 Å². The zero-order valence-electron chi connectivity index (χ0n) is 18.1. The number of ether oxygens (including phenoxy) is 1. The van der Waals surface area contributed by atoms with Gasteiger partial charge in [0.05, 0.1) is 23.9 Å². The van der Waals surface area contributed by atoms with Gasteiger partial charge in [-0.05, 0) is 42.0 Å². The molecule has 0 unspecified atom stereocenters. The maximum Gasteiger partial charge on any atom is 0.418 e. The van der Waals surface area contributed by atoms with Crippen molar-refractivity contribution < 1.29 is 45.8 Å². The molecule has 0 atom stereocenters. The number of nitrogens with zero attached hydrogens (tertiary/aromatic N) is 1. The highest BCUT2D eigenvalue weighted by Gasteiger charge is 2.37. The molecule has 12 heteroatoms. The molecule has 6 nitrogen and oxygen atoms in total. The van der Waals surface area contributed by atoms with E-state index in [1.54, 1.807) is 0 Å². The molecule has 2 heterocycles. The van der Waals surface area contributed by atoms with Gasteiger partial charge in [-0.25, -0.2) is 18.0 Å². The first kappa shape index (κ1) is 24.6. The molecule has 0 saturated carbocycles. The van der Waals surface area contributed by atoms with Crippen molar-refractivity contribution >= 4 is 23.1 Å². The molecular weight excluding hydrogens is 494 g/mol. The number of carboxylic acids is 1. The van der Waals surface area contributed by atoms with Crippen LogP contribution in [0, 0.1) is 17.5 Å². The fourth-order valence-corrected chi connectivity index (χ4v) is 3.70. The topological polar surface area (TPSA) is 80.0 Å². The third kappa shape index (κ3) is 4.32. The second-order valence-corrected chi connectivity index (χ2v) is 7.50. The Morgan fingerprint density at radius 3 is 2.11 bits per heavy atom.